The molecule has 0 aliphatic rings. The van der Waals surface area contributed by atoms with Crippen molar-refractivity contribution in [2.75, 3.05) is 6.61 Å². The van der Waals surface area contributed by atoms with E-state index in [4.69, 9.17) is 0 Å². The molecule has 0 fully saturated rings. The lowest BCUT2D eigenvalue weighted by Crippen LogP contribution is -2.21. The summed E-state index contributed by atoms with van der Waals surface area (Å²) in [4.78, 5) is 0. The molecule has 0 saturated heterocycles. The standard InChI is InChI=1S/C9H7BF6O/c10-5-1-2-7(17-4-8(11,12)13)6(3-5)9(14,15)16/h1-3H,4,10H2. The average Bonchev–Trinajstić information content (AvgIpc) is 2.13. The van der Waals surface area contributed by atoms with Gasteiger partial charge in [0.15, 0.2) is 6.61 Å². The van der Waals surface area contributed by atoms with Gasteiger partial charge in [-0.05, 0) is 6.07 Å². The van der Waals surface area contributed by atoms with E-state index in [0.29, 0.717) is 0 Å². The molecule has 94 valence electrons. The van der Waals surface area contributed by atoms with Crippen molar-refractivity contribution in [2.45, 2.75) is 12.4 Å². The number of halogens is 6. The Morgan fingerprint density at radius 2 is 1.65 bits per heavy atom. The van der Waals surface area contributed by atoms with Crippen LogP contribution in [0.1, 0.15) is 5.56 Å². The lowest BCUT2D eigenvalue weighted by atomic mass is 9.94. The third-order valence-corrected chi connectivity index (χ3v) is 1.83. The Hall–Kier alpha value is -1.34. The van der Waals surface area contributed by atoms with Crippen LogP contribution in [0.5, 0.6) is 5.75 Å². The van der Waals surface area contributed by atoms with Gasteiger partial charge in [-0.1, -0.05) is 17.6 Å². The zero-order valence-corrected chi connectivity index (χ0v) is 8.62. The molecule has 1 aromatic carbocycles. The van der Waals surface area contributed by atoms with Gasteiger partial charge in [0, 0.05) is 0 Å². The van der Waals surface area contributed by atoms with E-state index in [1.54, 1.807) is 0 Å². The number of benzene rings is 1. The summed E-state index contributed by atoms with van der Waals surface area (Å²) < 4.78 is 77.1. The summed E-state index contributed by atoms with van der Waals surface area (Å²) in [5.74, 6) is -0.819. The molecule has 0 bridgehead atoms. The summed E-state index contributed by atoms with van der Waals surface area (Å²) in [6, 6.07) is 2.87. The van der Waals surface area contributed by atoms with Crippen molar-refractivity contribution in [3.05, 3.63) is 23.8 Å². The highest BCUT2D eigenvalue weighted by Gasteiger charge is 2.36. The Bertz CT molecular complexity index is 397. The Morgan fingerprint density at radius 1 is 1.06 bits per heavy atom. The van der Waals surface area contributed by atoms with Crippen molar-refractivity contribution in [1.29, 1.82) is 0 Å². The zero-order chi connectivity index (χ0) is 13.3. The van der Waals surface area contributed by atoms with Crippen molar-refractivity contribution in [1.82, 2.24) is 0 Å². The molecule has 0 radical (unpaired) electrons. The van der Waals surface area contributed by atoms with Gasteiger partial charge < -0.3 is 4.74 Å². The minimum atomic E-state index is -4.74. The van der Waals surface area contributed by atoms with Crippen molar-refractivity contribution in [3.8, 4) is 5.75 Å². The minimum absolute atomic E-state index is 0.289. The molecule has 0 aromatic heterocycles. The Morgan fingerprint density at radius 3 is 2.12 bits per heavy atom. The van der Waals surface area contributed by atoms with Crippen LogP contribution in [-0.2, 0) is 6.18 Å². The highest BCUT2D eigenvalue weighted by molar-refractivity contribution is 6.32. The quantitative estimate of drug-likeness (QED) is 0.580. The fourth-order valence-corrected chi connectivity index (χ4v) is 1.15. The molecule has 0 aliphatic carbocycles. The third-order valence-electron chi connectivity index (χ3n) is 1.83. The van der Waals surface area contributed by atoms with Crippen LogP contribution in [0.15, 0.2) is 18.2 Å². The molecule has 0 amide bonds. The van der Waals surface area contributed by atoms with Gasteiger partial charge in [0.05, 0.1) is 5.56 Å². The first-order chi connectivity index (χ1) is 7.59. The van der Waals surface area contributed by atoms with Crippen LogP contribution in [0.3, 0.4) is 0 Å². The van der Waals surface area contributed by atoms with E-state index < -0.39 is 30.3 Å². The van der Waals surface area contributed by atoms with E-state index in [9.17, 15) is 26.3 Å². The highest BCUT2D eigenvalue weighted by Crippen LogP contribution is 2.35. The van der Waals surface area contributed by atoms with Crippen LogP contribution < -0.4 is 10.2 Å². The normalized spacial score (nSPS) is 12.6. The SMILES string of the molecule is Bc1ccc(OCC(F)(F)F)c(C(F)(F)F)c1. The summed E-state index contributed by atoms with van der Waals surface area (Å²) in [6.07, 6.45) is -9.42. The second-order valence-electron chi connectivity index (χ2n) is 3.40. The van der Waals surface area contributed by atoms with Gasteiger partial charge in [-0.3, -0.25) is 0 Å². The molecule has 0 N–H and O–H groups in total. The topological polar surface area (TPSA) is 9.23 Å². The van der Waals surface area contributed by atoms with Crippen molar-refractivity contribution < 1.29 is 31.1 Å². The summed E-state index contributed by atoms with van der Waals surface area (Å²) >= 11 is 0. The Balaban J connectivity index is 2.99. The van der Waals surface area contributed by atoms with Crippen LogP contribution in [0, 0.1) is 0 Å². The van der Waals surface area contributed by atoms with Crippen LogP contribution >= 0.6 is 0 Å². The Kier molecular flexibility index (Phi) is 3.64. The molecule has 0 heterocycles. The molecular weight excluding hydrogens is 249 g/mol. The highest BCUT2D eigenvalue weighted by atomic mass is 19.4. The molecule has 1 aromatic rings. The predicted octanol–water partition coefficient (Wildman–Crippen LogP) is 1.90. The minimum Gasteiger partial charge on any atom is -0.483 e. The molecular formula is C9H7BF6O. The first-order valence-electron chi connectivity index (χ1n) is 4.47. The van der Waals surface area contributed by atoms with Crippen molar-refractivity contribution in [2.24, 2.45) is 0 Å². The van der Waals surface area contributed by atoms with E-state index in [2.05, 4.69) is 4.74 Å². The molecule has 8 heteroatoms. The lowest BCUT2D eigenvalue weighted by molar-refractivity contribution is -0.158. The Labute approximate surface area is 93.8 Å². The number of rotatable bonds is 2. The zero-order valence-electron chi connectivity index (χ0n) is 8.62. The number of alkyl halides is 6. The maximum atomic E-state index is 12.5. The smallest absolute Gasteiger partial charge is 0.422 e. The van der Waals surface area contributed by atoms with Gasteiger partial charge in [-0.15, -0.1) is 0 Å². The van der Waals surface area contributed by atoms with Gasteiger partial charge in [0.25, 0.3) is 0 Å². The molecule has 0 spiro atoms. The van der Waals surface area contributed by atoms with Crippen molar-refractivity contribution in [3.63, 3.8) is 0 Å². The summed E-state index contributed by atoms with van der Waals surface area (Å²) in [5, 5.41) is 0. The summed E-state index contributed by atoms with van der Waals surface area (Å²) in [7, 11) is 1.41. The first-order valence-corrected chi connectivity index (χ1v) is 4.47. The molecule has 1 nitrogen and oxygen atoms in total. The second-order valence-corrected chi connectivity index (χ2v) is 3.40. The monoisotopic (exact) mass is 256 g/mol. The third kappa shape index (κ3) is 4.20. The fraction of sp³-hybridized carbons (Fsp3) is 0.333. The van der Waals surface area contributed by atoms with Crippen LogP contribution in [0.4, 0.5) is 26.3 Å². The summed E-state index contributed by atoms with van der Waals surface area (Å²) in [5.41, 5.74) is -0.918. The molecule has 0 unspecified atom stereocenters. The van der Waals surface area contributed by atoms with Gasteiger partial charge in [-0.25, -0.2) is 0 Å². The lowest BCUT2D eigenvalue weighted by Gasteiger charge is -2.15. The number of ether oxygens (including phenoxy) is 1. The van der Waals surface area contributed by atoms with Gasteiger partial charge in [-0.2, -0.15) is 26.3 Å². The fourth-order valence-electron chi connectivity index (χ4n) is 1.15. The first kappa shape index (κ1) is 13.7. The second kappa shape index (κ2) is 4.50. The molecule has 0 aliphatic heterocycles. The molecule has 17 heavy (non-hydrogen) atoms. The maximum absolute atomic E-state index is 12.5. The largest absolute Gasteiger partial charge is 0.483 e. The molecule has 0 saturated carbocycles. The van der Waals surface area contributed by atoms with E-state index in [0.717, 1.165) is 12.1 Å². The van der Waals surface area contributed by atoms with E-state index in [1.807, 2.05) is 0 Å². The van der Waals surface area contributed by atoms with Crippen LogP contribution in [-0.4, -0.2) is 20.6 Å². The number of hydrogen-bond donors (Lipinski definition) is 0. The molecule has 0 atom stereocenters. The number of hydrogen-bond acceptors (Lipinski definition) is 1. The van der Waals surface area contributed by atoms with Gasteiger partial charge in [0.2, 0.25) is 0 Å². The van der Waals surface area contributed by atoms with E-state index in [1.165, 1.54) is 13.9 Å². The average molecular weight is 256 g/mol. The van der Waals surface area contributed by atoms with Gasteiger partial charge in [0.1, 0.15) is 13.6 Å². The van der Waals surface area contributed by atoms with Crippen LogP contribution in [0.25, 0.3) is 0 Å². The van der Waals surface area contributed by atoms with E-state index >= 15 is 0 Å². The predicted molar refractivity (Wildman–Crippen MR) is 51.2 cm³/mol. The molecule has 1 rings (SSSR count). The van der Waals surface area contributed by atoms with Crippen LogP contribution in [0.2, 0.25) is 0 Å². The van der Waals surface area contributed by atoms with Gasteiger partial charge >= 0.3 is 12.4 Å². The summed E-state index contributed by atoms with van der Waals surface area (Å²) in [6.45, 7) is -1.75. The van der Waals surface area contributed by atoms with Crippen molar-refractivity contribution >= 4 is 13.3 Å². The van der Waals surface area contributed by atoms with E-state index in [-0.39, 0.29) is 5.46 Å². The maximum Gasteiger partial charge on any atom is 0.422 e.